The van der Waals surface area contributed by atoms with Crippen molar-refractivity contribution in [3.63, 3.8) is 0 Å². The van der Waals surface area contributed by atoms with Gasteiger partial charge >= 0.3 is 0 Å². The van der Waals surface area contributed by atoms with Gasteiger partial charge in [0.2, 0.25) is 0 Å². The predicted octanol–water partition coefficient (Wildman–Crippen LogP) is 0.706. The van der Waals surface area contributed by atoms with Gasteiger partial charge in [0.15, 0.2) is 0 Å². The minimum Gasteiger partial charge on any atom is -0.400 e. The maximum absolute atomic E-state index is 5.77. The Bertz CT molecular complexity index is 210. The van der Waals surface area contributed by atoms with Gasteiger partial charge in [0.1, 0.15) is 0 Å². The molecule has 0 aromatic heterocycles. The summed E-state index contributed by atoms with van der Waals surface area (Å²) in [5, 5.41) is 2.01. The molecule has 2 aliphatic heterocycles. The number of nitrogens with one attached hydrogen (secondary N) is 1. The lowest BCUT2D eigenvalue weighted by Gasteiger charge is -2.20. The molecule has 0 aliphatic carbocycles. The molecule has 11 heavy (non-hydrogen) atoms. The highest BCUT2D eigenvalue weighted by molar-refractivity contribution is 5.85. The Morgan fingerprint density at radius 1 is 1.55 bits per heavy atom. The monoisotopic (exact) mass is 173 g/mol. The highest BCUT2D eigenvalue weighted by atomic mass is 35.5. The second-order valence-electron chi connectivity index (χ2n) is 2.59. The standard InChI is InChI=1S/C7H11N3.ClH/c8-6-2-1-5-10-7(6)3-4-9-10;/h1,5,9H,2-4,8H2;1H. The van der Waals surface area contributed by atoms with Crippen molar-refractivity contribution in [3.05, 3.63) is 23.7 Å². The molecule has 0 aromatic carbocycles. The fourth-order valence-corrected chi connectivity index (χ4v) is 1.37. The molecule has 0 bridgehead atoms. The maximum Gasteiger partial charge on any atom is 0.0548 e. The van der Waals surface area contributed by atoms with Crippen molar-refractivity contribution in [2.75, 3.05) is 6.54 Å². The van der Waals surface area contributed by atoms with Crippen LogP contribution in [0.5, 0.6) is 0 Å². The number of allylic oxidation sites excluding steroid dienone is 1. The van der Waals surface area contributed by atoms with Crippen LogP contribution in [0.3, 0.4) is 0 Å². The average Bonchev–Trinajstić information content (AvgIpc) is 2.36. The van der Waals surface area contributed by atoms with Crippen molar-refractivity contribution in [1.82, 2.24) is 10.4 Å². The number of nitrogens with zero attached hydrogens (tertiary/aromatic N) is 1. The van der Waals surface area contributed by atoms with Crippen molar-refractivity contribution in [2.24, 2.45) is 5.73 Å². The zero-order valence-electron chi connectivity index (χ0n) is 6.21. The van der Waals surface area contributed by atoms with E-state index in [1.807, 2.05) is 11.2 Å². The molecular formula is C7H12ClN3. The molecule has 0 saturated carbocycles. The van der Waals surface area contributed by atoms with E-state index in [0.29, 0.717) is 0 Å². The molecule has 3 nitrogen and oxygen atoms in total. The lowest BCUT2D eigenvalue weighted by atomic mass is 10.2. The van der Waals surface area contributed by atoms with Gasteiger partial charge in [-0.2, -0.15) is 0 Å². The van der Waals surface area contributed by atoms with Crippen LogP contribution in [0.4, 0.5) is 0 Å². The van der Waals surface area contributed by atoms with E-state index in [4.69, 9.17) is 5.73 Å². The summed E-state index contributed by atoms with van der Waals surface area (Å²) >= 11 is 0. The lowest BCUT2D eigenvalue weighted by Crippen LogP contribution is -2.27. The van der Waals surface area contributed by atoms with Crippen LogP contribution in [-0.2, 0) is 0 Å². The van der Waals surface area contributed by atoms with E-state index >= 15 is 0 Å². The normalized spacial score (nSPS) is 21.6. The Morgan fingerprint density at radius 3 is 3.09 bits per heavy atom. The van der Waals surface area contributed by atoms with Crippen molar-refractivity contribution in [1.29, 1.82) is 0 Å². The molecule has 1 fully saturated rings. The van der Waals surface area contributed by atoms with Gasteiger partial charge in [-0.25, -0.2) is 5.43 Å². The number of nitrogens with two attached hydrogens (primary N) is 1. The Labute approximate surface area is 72.3 Å². The summed E-state index contributed by atoms with van der Waals surface area (Å²) in [6.07, 6.45) is 6.08. The number of fused-ring (bicyclic) bond motifs is 1. The first-order valence-corrected chi connectivity index (χ1v) is 3.55. The average molecular weight is 174 g/mol. The number of halogens is 1. The van der Waals surface area contributed by atoms with Gasteiger partial charge < -0.3 is 5.73 Å². The number of hydrazine groups is 1. The molecule has 0 radical (unpaired) electrons. The first kappa shape index (κ1) is 8.43. The molecule has 4 heteroatoms. The van der Waals surface area contributed by atoms with Crippen molar-refractivity contribution in [2.45, 2.75) is 12.8 Å². The smallest absolute Gasteiger partial charge is 0.0548 e. The van der Waals surface area contributed by atoms with Gasteiger partial charge in [-0.1, -0.05) is 6.08 Å². The number of hydrogen-bond donors (Lipinski definition) is 2. The predicted molar refractivity (Wildman–Crippen MR) is 46.7 cm³/mol. The SMILES string of the molecule is Cl.NC1=C2CCNN2C=CC1. The molecule has 0 spiro atoms. The Morgan fingerprint density at radius 2 is 2.36 bits per heavy atom. The third-order valence-corrected chi connectivity index (χ3v) is 1.90. The highest BCUT2D eigenvalue weighted by Crippen LogP contribution is 2.21. The van der Waals surface area contributed by atoms with Gasteiger partial charge in [-0.15, -0.1) is 12.4 Å². The molecule has 3 N–H and O–H groups in total. The fourth-order valence-electron chi connectivity index (χ4n) is 1.37. The van der Waals surface area contributed by atoms with E-state index in [1.54, 1.807) is 0 Å². The van der Waals surface area contributed by atoms with E-state index in [0.717, 1.165) is 25.1 Å². The van der Waals surface area contributed by atoms with E-state index in [1.165, 1.54) is 5.70 Å². The first-order valence-electron chi connectivity index (χ1n) is 3.55. The van der Waals surface area contributed by atoms with Crippen LogP contribution < -0.4 is 11.2 Å². The third-order valence-electron chi connectivity index (χ3n) is 1.90. The minimum atomic E-state index is 0. The molecule has 62 valence electrons. The van der Waals surface area contributed by atoms with Gasteiger partial charge in [0.25, 0.3) is 0 Å². The van der Waals surface area contributed by atoms with E-state index in [2.05, 4.69) is 11.5 Å². The fraction of sp³-hybridized carbons (Fsp3) is 0.429. The van der Waals surface area contributed by atoms with Crippen molar-refractivity contribution in [3.8, 4) is 0 Å². The summed E-state index contributed by atoms with van der Waals surface area (Å²) in [5.74, 6) is 0. The second kappa shape index (κ2) is 3.15. The molecule has 0 amide bonds. The maximum atomic E-state index is 5.77. The van der Waals surface area contributed by atoms with Gasteiger partial charge in [0, 0.05) is 31.3 Å². The first-order chi connectivity index (χ1) is 4.88. The van der Waals surface area contributed by atoms with Gasteiger partial charge in [0.05, 0.1) is 5.70 Å². The Hall–Kier alpha value is -0.670. The Balaban J connectivity index is 0.000000605. The van der Waals surface area contributed by atoms with E-state index < -0.39 is 0 Å². The molecule has 1 saturated heterocycles. The summed E-state index contributed by atoms with van der Waals surface area (Å²) < 4.78 is 0. The largest absolute Gasteiger partial charge is 0.400 e. The van der Waals surface area contributed by atoms with Gasteiger partial charge in [-0.05, 0) is 0 Å². The third kappa shape index (κ3) is 1.34. The van der Waals surface area contributed by atoms with Crippen LogP contribution >= 0.6 is 12.4 Å². The summed E-state index contributed by atoms with van der Waals surface area (Å²) in [6.45, 7) is 1.01. The highest BCUT2D eigenvalue weighted by Gasteiger charge is 2.18. The van der Waals surface area contributed by atoms with Crippen LogP contribution in [0, 0.1) is 0 Å². The summed E-state index contributed by atoms with van der Waals surface area (Å²) in [5.41, 5.74) is 11.2. The molecular weight excluding hydrogens is 162 g/mol. The summed E-state index contributed by atoms with van der Waals surface area (Å²) in [4.78, 5) is 0. The zero-order chi connectivity index (χ0) is 6.97. The number of hydrogen-bond acceptors (Lipinski definition) is 3. The van der Waals surface area contributed by atoms with E-state index in [-0.39, 0.29) is 12.4 Å². The quantitative estimate of drug-likeness (QED) is 0.567. The molecule has 0 atom stereocenters. The van der Waals surface area contributed by atoms with Crippen LogP contribution in [0.1, 0.15) is 12.8 Å². The summed E-state index contributed by atoms with van der Waals surface area (Å²) in [6, 6.07) is 0. The Kier molecular flexibility index (Phi) is 2.42. The molecule has 2 aliphatic rings. The van der Waals surface area contributed by atoms with Crippen LogP contribution in [0.15, 0.2) is 23.7 Å². The topological polar surface area (TPSA) is 41.3 Å². The molecule has 0 aromatic rings. The second-order valence-corrected chi connectivity index (χ2v) is 2.59. The minimum absolute atomic E-state index is 0. The molecule has 2 heterocycles. The number of rotatable bonds is 0. The lowest BCUT2D eigenvalue weighted by molar-refractivity contribution is 0.397. The van der Waals surface area contributed by atoms with Gasteiger partial charge in [-0.3, -0.25) is 5.01 Å². The van der Waals surface area contributed by atoms with Crippen LogP contribution in [0.2, 0.25) is 0 Å². The van der Waals surface area contributed by atoms with Crippen molar-refractivity contribution >= 4 is 12.4 Å². The zero-order valence-corrected chi connectivity index (χ0v) is 7.03. The molecule has 2 rings (SSSR count). The molecule has 0 unspecified atom stereocenters. The van der Waals surface area contributed by atoms with Crippen molar-refractivity contribution < 1.29 is 0 Å². The van der Waals surface area contributed by atoms with E-state index in [9.17, 15) is 0 Å². The van der Waals surface area contributed by atoms with Crippen LogP contribution in [-0.4, -0.2) is 11.6 Å². The summed E-state index contributed by atoms with van der Waals surface area (Å²) in [7, 11) is 0. The van der Waals surface area contributed by atoms with Crippen LogP contribution in [0.25, 0.3) is 0 Å².